The number of hydrogen-bond acceptors (Lipinski definition) is 5. The number of halogens is 4. The van der Waals surface area contributed by atoms with Gasteiger partial charge in [0.05, 0.1) is 15.3 Å². The summed E-state index contributed by atoms with van der Waals surface area (Å²) in [5.74, 6) is 0.584. The fraction of sp³-hybridized carbons (Fsp3) is 0.368. The summed E-state index contributed by atoms with van der Waals surface area (Å²) >= 11 is 2.36. The molecule has 4 rings (SSSR count). The van der Waals surface area contributed by atoms with Crippen LogP contribution in [-0.4, -0.2) is 41.8 Å². The van der Waals surface area contributed by atoms with Crippen molar-refractivity contribution < 1.29 is 18.3 Å². The topological polar surface area (TPSA) is 65.7 Å². The minimum Gasteiger partial charge on any atom is -0.396 e. The fourth-order valence-corrected chi connectivity index (χ4v) is 4.51. The van der Waals surface area contributed by atoms with Crippen LogP contribution in [0.5, 0.6) is 0 Å². The number of anilines is 2. The fourth-order valence-electron chi connectivity index (χ4n) is 3.45. The Balaban J connectivity index is 1.53. The van der Waals surface area contributed by atoms with Crippen molar-refractivity contribution >= 4 is 39.9 Å². The first-order valence-corrected chi connectivity index (χ1v) is 10.4. The van der Waals surface area contributed by atoms with Gasteiger partial charge < -0.3 is 10.4 Å². The molecule has 0 amide bonds. The normalized spacial score (nSPS) is 20.4. The van der Waals surface area contributed by atoms with Gasteiger partial charge in [0.2, 0.25) is 5.95 Å². The summed E-state index contributed by atoms with van der Waals surface area (Å²) in [6.45, 7) is 1.75. The van der Waals surface area contributed by atoms with E-state index in [0.717, 1.165) is 30.8 Å². The minimum absolute atomic E-state index is 0.179. The SMILES string of the molecule is OCC1CCN(Cc2cccc3nc(Nc4ccc(C(F)(F)F)cc4)nn23)C1I. The number of pyridine rings is 1. The molecule has 0 aliphatic carbocycles. The van der Waals surface area contributed by atoms with Gasteiger partial charge >= 0.3 is 6.18 Å². The second-order valence-corrected chi connectivity index (χ2v) is 8.27. The monoisotopic (exact) mass is 517 g/mol. The second kappa shape index (κ2) is 8.07. The first kappa shape index (κ1) is 20.4. The summed E-state index contributed by atoms with van der Waals surface area (Å²) < 4.78 is 40.1. The maximum Gasteiger partial charge on any atom is 0.416 e. The quantitative estimate of drug-likeness (QED) is 0.304. The van der Waals surface area contributed by atoms with Crippen molar-refractivity contribution in [3.05, 3.63) is 53.7 Å². The van der Waals surface area contributed by atoms with Gasteiger partial charge in [-0.05, 0) is 42.8 Å². The highest BCUT2D eigenvalue weighted by Gasteiger charge is 2.32. The van der Waals surface area contributed by atoms with Gasteiger partial charge in [0.15, 0.2) is 5.65 Å². The van der Waals surface area contributed by atoms with Crippen molar-refractivity contribution in [2.45, 2.75) is 23.2 Å². The predicted molar refractivity (Wildman–Crippen MR) is 111 cm³/mol. The van der Waals surface area contributed by atoms with Gasteiger partial charge in [0, 0.05) is 31.3 Å². The van der Waals surface area contributed by atoms with Crippen molar-refractivity contribution in [1.82, 2.24) is 19.5 Å². The van der Waals surface area contributed by atoms with Gasteiger partial charge in [-0.15, -0.1) is 5.10 Å². The van der Waals surface area contributed by atoms with E-state index in [1.165, 1.54) is 12.1 Å². The lowest BCUT2D eigenvalue weighted by Gasteiger charge is -2.22. The Hall–Kier alpha value is -1.92. The lowest BCUT2D eigenvalue weighted by atomic mass is 10.1. The Labute approximate surface area is 178 Å². The van der Waals surface area contributed by atoms with E-state index in [4.69, 9.17) is 0 Å². The number of benzene rings is 1. The number of aliphatic hydroxyl groups is 1. The number of hydrogen-bond donors (Lipinski definition) is 2. The Kier molecular flexibility index (Phi) is 5.67. The molecule has 1 aliphatic heterocycles. The number of aliphatic hydroxyl groups excluding tert-OH is 1. The van der Waals surface area contributed by atoms with Crippen LogP contribution in [0.2, 0.25) is 0 Å². The number of aromatic nitrogens is 3. The van der Waals surface area contributed by atoms with E-state index in [1.807, 2.05) is 18.2 Å². The van der Waals surface area contributed by atoms with Crippen LogP contribution in [-0.2, 0) is 12.7 Å². The molecule has 1 aromatic carbocycles. The van der Waals surface area contributed by atoms with Crippen molar-refractivity contribution in [3.8, 4) is 0 Å². The summed E-state index contributed by atoms with van der Waals surface area (Å²) in [5, 5.41) is 16.9. The molecule has 154 valence electrons. The average molecular weight is 517 g/mol. The maximum atomic E-state index is 12.7. The van der Waals surface area contributed by atoms with Crippen molar-refractivity contribution in [2.24, 2.45) is 5.92 Å². The van der Waals surface area contributed by atoms with Crippen molar-refractivity contribution in [2.75, 3.05) is 18.5 Å². The molecule has 6 nitrogen and oxygen atoms in total. The number of nitrogens with zero attached hydrogens (tertiary/aromatic N) is 4. The zero-order valence-electron chi connectivity index (χ0n) is 15.3. The third-order valence-corrected chi connectivity index (χ3v) is 6.84. The van der Waals surface area contributed by atoms with Crippen LogP contribution in [0.25, 0.3) is 5.65 Å². The summed E-state index contributed by atoms with van der Waals surface area (Å²) in [4.78, 5) is 6.72. The molecule has 2 atom stereocenters. The van der Waals surface area contributed by atoms with Crippen molar-refractivity contribution in [1.29, 1.82) is 0 Å². The minimum atomic E-state index is -4.37. The number of likely N-dealkylation sites (tertiary alicyclic amines) is 1. The third kappa shape index (κ3) is 4.33. The van der Waals surface area contributed by atoms with Gasteiger partial charge in [-0.1, -0.05) is 28.7 Å². The second-order valence-electron chi connectivity index (χ2n) is 7.00. The van der Waals surface area contributed by atoms with Crippen LogP contribution in [0.15, 0.2) is 42.5 Å². The summed E-state index contributed by atoms with van der Waals surface area (Å²) in [7, 11) is 0. The molecule has 0 spiro atoms. The zero-order chi connectivity index (χ0) is 20.6. The Morgan fingerprint density at radius 3 is 2.59 bits per heavy atom. The van der Waals surface area contributed by atoms with E-state index in [2.05, 4.69) is 42.9 Å². The Morgan fingerprint density at radius 2 is 1.93 bits per heavy atom. The summed E-state index contributed by atoms with van der Waals surface area (Å²) in [6.07, 6.45) is -3.41. The smallest absolute Gasteiger partial charge is 0.396 e. The van der Waals surface area contributed by atoms with Crippen LogP contribution in [0, 0.1) is 5.92 Å². The number of fused-ring (bicyclic) bond motifs is 1. The molecule has 3 aromatic rings. The van der Waals surface area contributed by atoms with E-state index in [1.54, 1.807) is 4.52 Å². The highest BCUT2D eigenvalue weighted by atomic mass is 127. The Bertz CT molecular complexity index is 992. The van der Waals surface area contributed by atoms with E-state index in [-0.39, 0.29) is 16.6 Å². The molecule has 10 heteroatoms. The van der Waals surface area contributed by atoms with Gasteiger partial charge in [-0.25, -0.2) is 4.52 Å². The highest BCUT2D eigenvalue weighted by Crippen LogP contribution is 2.31. The van der Waals surface area contributed by atoms with Crippen LogP contribution in [0.3, 0.4) is 0 Å². The summed E-state index contributed by atoms with van der Waals surface area (Å²) in [6, 6.07) is 10.5. The molecular weight excluding hydrogens is 498 g/mol. The molecule has 2 aromatic heterocycles. The maximum absolute atomic E-state index is 12.7. The zero-order valence-corrected chi connectivity index (χ0v) is 17.4. The lowest BCUT2D eigenvalue weighted by Crippen LogP contribution is -2.29. The Morgan fingerprint density at radius 1 is 1.17 bits per heavy atom. The van der Waals surface area contributed by atoms with E-state index < -0.39 is 11.7 Å². The lowest BCUT2D eigenvalue weighted by molar-refractivity contribution is -0.137. The number of nitrogens with one attached hydrogen (secondary N) is 1. The molecule has 2 N–H and O–H groups in total. The van der Waals surface area contributed by atoms with E-state index in [0.29, 0.717) is 23.8 Å². The predicted octanol–water partition coefficient (Wildman–Crippen LogP) is 4.07. The first-order chi connectivity index (χ1) is 13.8. The van der Waals surface area contributed by atoms with Gasteiger partial charge in [-0.3, -0.25) is 4.90 Å². The molecule has 1 aliphatic rings. The van der Waals surface area contributed by atoms with Gasteiger partial charge in [0.1, 0.15) is 0 Å². The van der Waals surface area contributed by atoms with Crippen LogP contribution in [0.4, 0.5) is 24.8 Å². The number of alkyl halides is 4. The van der Waals surface area contributed by atoms with Crippen molar-refractivity contribution in [3.63, 3.8) is 0 Å². The highest BCUT2D eigenvalue weighted by molar-refractivity contribution is 14.1. The third-order valence-electron chi connectivity index (χ3n) is 5.03. The molecule has 3 heterocycles. The first-order valence-electron chi connectivity index (χ1n) is 9.13. The largest absolute Gasteiger partial charge is 0.416 e. The summed E-state index contributed by atoms with van der Waals surface area (Å²) in [5.41, 5.74) is 1.39. The molecule has 1 saturated heterocycles. The molecule has 29 heavy (non-hydrogen) atoms. The van der Waals surface area contributed by atoms with E-state index in [9.17, 15) is 18.3 Å². The number of rotatable bonds is 5. The average Bonchev–Trinajstić information content (AvgIpc) is 3.25. The molecule has 1 fully saturated rings. The molecular formula is C19H19F3IN5O. The van der Waals surface area contributed by atoms with Crippen LogP contribution in [0.1, 0.15) is 17.7 Å². The molecule has 0 saturated carbocycles. The van der Waals surface area contributed by atoms with Gasteiger partial charge in [0.25, 0.3) is 0 Å². The van der Waals surface area contributed by atoms with Crippen LogP contribution < -0.4 is 5.32 Å². The van der Waals surface area contributed by atoms with Crippen LogP contribution >= 0.6 is 22.6 Å². The molecule has 0 radical (unpaired) electrons. The standard InChI is InChI=1S/C19H19F3IN5O/c20-19(21,22)13-4-6-14(7-5-13)24-18-25-16-3-1-2-15(28(16)26-18)10-27-9-8-12(11-29)17(27)23/h1-7,12,17,29H,8-11H2,(H,24,26). The molecule has 2 unspecified atom stereocenters. The molecule has 0 bridgehead atoms. The van der Waals surface area contributed by atoms with E-state index >= 15 is 0 Å². The van der Waals surface area contributed by atoms with Gasteiger partial charge in [-0.2, -0.15) is 18.2 Å².